The normalized spacial score (nSPS) is 12.3. The Morgan fingerprint density at radius 2 is 2.06 bits per heavy atom. The lowest BCUT2D eigenvalue weighted by Crippen LogP contribution is -2.23. The highest BCUT2D eigenvalue weighted by Gasteiger charge is 2.15. The third kappa shape index (κ3) is 2.28. The molecule has 0 saturated carbocycles. The van der Waals surface area contributed by atoms with Gasteiger partial charge in [-0.25, -0.2) is 4.79 Å². The quantitative estimate of drug-likeness (QED) is 0.865. The van der Waals surface area contributed by atoms with Gasteiger partial charge in [-0.2, -0.15) is 0 Å². The lowest BCUT2D eigenvalue weighted by Gasteiger charge is -2.15. The fourth-order valence-corrected chi connectivity index (χ4v) is 1.88. The van der Waals surface area contributed by atoms with E-state index in [0.29, 0.717) is 12.3 Å². The standard InChI is InChI=1S/C14H15NO3/c1-9(14(16)17)18-13-7-6-10-4-2-3-5-11(10)12(13)8-15/h2-7,9H,8,15H2,1H3,(H,16,17). The highest BCUT2D eigenvalue weighted by atomic mass is 16.5. The number of fused-ring (bicyclic) bond motifs is 1. The van der Waals surface area contributed by atoms with E-state index in [0.717, 1.165) is 16.3 Å². The molecule has 0 aliphatic carbocycles. The van der Waals surface area contributed by atoms with Gasteiger partial charge in [0.05, 0.1) is 0 Å². The van der Waals surface area contributed by atoms with Gasteiger partial charge in [0.25, 0.3) is 0 Å². The molecule has 0 aromatic heterocycles. The van der Waals surface area contributed by atoms with E-state index in [1.54, 1.807) is 6.07 Å². The molecule has 0 radical (unpaired) electrons. The van der Waals surface area contributed by atoms with E-state index in [2.05, 4.69) is 0 Å². The van der Waals surface area contributed by atoms with E-state index in [9.17, 15) is 4.79 Å². The molecule has 4 heteroatoms. The minimum Gasteiger partial charge on any atom is -0.479 e. The molecule has 18 heavy (non-hydrogen) atoms. The number of carbonyl (C=O) groups is 1. The largest absolute Gasteiger partial charge is 0.479 e. The van der Waals surface area contributed by atoms with Crippen molar-refractivity contribution in [3.05, 3.63) is 42.0 Å². The molecule has 0 bridgehead atoms. The zero-order chi connectivity index (χ0) is 13.1. The van der Waals surface area contributed by atoms with Crippen LogP contribution in [0.25, 0.3) is 10.8 Å². The molecule has 94 valence electrons. The Bertz CT molecular complexity index is 580. The van der Waals surface area contributed by atoms with Crippen LogP contribution in [-0.2, 0) is 11.3 Å². The average Bonchev–Trinajstić information content (AvgIpc) is 2.38. The van der Waals surface area contributed by atoms with Crippen LogP contribution in [0.3, 0.4) is 0 Å². The van der Waals surface area contributed by atoms with E-state index in [-0.39, 0.29) is 0 Å². The second-order valence-corrected chi connectivity index (χ2v) is 4.07. The molecule has 0 aliphatic rings. The summed E-state index contributed by atoms with van der Waals surface area (Å²) in [5.74, 6) is -0.461. The molecule has 3 N–H and O–H groups in total. The van der Waals surface area contributed by atoms with Gasteiger partial charge >= 0.3 is 5.97 Å². The fraction of sp³-hybridized carbons (Fsp3) is 0.214. The second-order valence-electron chi connectivity index (χ2n) is 4.07. The summed E-state index contributed by atoms with van der Waals surface area (Å²) in [7, 11) is 0. The van der Waals surface area contributed by atoms with Gasteiger partial charge in [-0.05, 0) is 23.8 Å². The number of ether oxygens (including phenoxy) is 1. The third-order valence-electron chi connectivity index (χ3n) is 2.85. The van der Waals surface area contributed by atoms with Crippen molar-refractivity contribution in [1.82, 2.24) is 0 Å². The summed E-state index contributed by atoms with van der Waals surface area (Å²) >= 11 is 0. The van der Waals surface area contributed by atoms with Gasteiger partial charge in [0, 0.05) is 12.1 Å². The molecular weight excluding hydrogens is 230 g/mol. The van der Waals surface area contributed by atoms with Crippen LogP contribution in [0.2, 0.25) is 0 Å². The van der Waals surface area contributed by atoms with Crippen LogP contribution >= 0.6 is 0 Å². The zero-order valence-electron chi connectivity index (χ0n) is 10.1. The Morgan fingerprint density at radius 3 is 2.72 bits per heavy atom. The lowest BCUT2D eigenvalue weighted by atomic mass is 10.0. The first-order chi connectivity index (χ1) is 8.63. The van der Waals surface area contributed by atoms with Crippen LogP contribution in [0.4, 0.5) is 0 Å². The maximum absolute atomic E-state index is 10.8. The van der Waals surface area contributed by atoms with E-state index in [4.69, 9.17) is 15.6 Å². The molecular formula is C14H15NO3. The van der Waals surface area contributed by atoms with Crippen molar-refractivity contribution < 1.29 is 14.6 Å². The molecule has 0 heterocycles. The second kappa shape index (κ2) is 5.06. The average molecular weight is 245 g/mol. The first-order valence-electron chi connectivity index (χ1n) is 5.73. The predicted molar refractivity (Wildman–Crippen MR) is 69.6 cm³/mol. The molecule has 0 aliphatic heterocycles. The smallest absolute Gasteiger partial charge is 0.344 e. The number of rotatable bonds is 4. The van der Waals surface area contributed by atoms with Crippen LogP contribution in [0.5, 0.6) is 5.75 Å². The lowest BCUT2D eigenvalue weighted by molar-refractivity contribution is -0.144. The van der Waals surface area contributed by atoms with E-state index in [1.807, 2.05) is 30.3 Å². The van der Waals surface area contributed by atoms with E-state index in [1.165, 1.54) is 6.92 Å². The van der Waals surface area contributed by atoms with Crippen molar-refractivity contribution in [3.8, 4) is 5.75 Å². The Kier molecular flexibility index (Phi) is 3.48. The summed E-state index contributed by atoms with van der Waals surface area (Å²) in [4.78, 5) is 10.8. The minimum absolute atomic E-state index is 0.309. The first-order valence-corrected chi connectivity index (χ1v) is 5.73. The molecule has 4 nitrogen and oxygen atoms in total. The van der Waals surface area contributed by atoms with Gasteiger partial charge in [0.15, 0.2) is 6.10 Å². The molecule has 1 atom stereocenters. The van der Waals surface area contributed by atoms with Crippen molar-refractivity contribution in [2.75, 3.05) is 0 Å². The number of aliphatic carboxylic acids is 1. The number of hydrogen-bond donors (Lipinski definition) is 2. The van der Waals surface area contributed by atoms with Crippen molar-refractivity contribution in [2.45, 2.75) is 19.6 Å². The molecule has 2 aromatic rings. The number of hydrogen-bond acceptors (Lipinski definition) is 3. The Morgan fingerprint density at radius 1 is 1.33 bits per heavy atom. The van der Waals surface area contributed by atoms with Crippen LogP contribution in [0.15, 0.2) is 36.4 Å². The van der Waals surface area contributed by atoms with Gasteiger partial charge in [0.1, 0.15) is 5.75 Å². The van der Waals surface area contributed by atoms with E-state index < -0.39 is 12.1 Å². The predicted octanol–water partition coefficient (Wildman–Crippen LogP) is 2.15. The highest BCUT2D eigenvalue weighted by molar-refractivity contribution is 5.87. The van der Waals surface area contributed by atoms with Gasteiger partial charge in [-0.3, -0.25) is 0 Å². The monoisotopic (exact) mass is 245 g/mol. The molecule has 0 saturated heterocycles. The number of carboxylic acid groups (broad SMARTS) is 1. The van der Waals surface area contributed by atoms with Crippen molar-refractivity contribution in [2.24, 2.45) is 5.73 Å². The number of benzene rings is 2. The third-order valence-corrected chi connectivity index (χ3v) is 2.85. The summed E-state index contributed by atoms with van der Waals surface area (Å²) < 4.78 is 5.43. The van der Waals surface area contributed by atoms with Crippen molar-refractivity contribution in [3.63, 3.8) is 0 Å². The molecule has 2 aromatic carbocycles. The highest BCUT2D eigenvalue weighted by Crippen LogP contribution is 2.28. The maximum atomic E-state index is 10.8. The molecule has 0 fully saturated rings. The Hall–Kier alpha value is -2.07. The summed E-state index contributed by atoms with van der Waals surface area (Å²) in [6.07, 6.45) is -0.892. The van der Waals surface area contributed by atoms with Gasteiger partial charge < -0.3 is 15.6 Å². The van der Waals surface area contributed by atoms with E-state index >= 15 is 0 Å². The molecule has 0 spiro atoms. The maximum Gasteiger partial charge on any atom is 0.344 e. The van der Waals surface area contributed by atoms with Crippen LogP contribution in [0.1, 0.15) is 12.5 Å². The molecule has 1 unspecified atom stereocenters. The van der Waals surface area contributed by atoms with Gasteiger partial charge in [0.2, 0.25) is 0 Å². The fourth-order valence-electron chi connectivity index (χ4n) is 1.88. The molecule has 2 rings (SSSR count). The van der Waals surface area contributed by atoms with Gasteiger partial charge in [-0.15, -0.1) is 0 Å². The summed E-state index contributed by atoms with van der Waals surface area (Å²) in [5, 5.41) is 10.9. The summed E-state index contributed by atoms with van der Waals surface area (Å²) in [5.41, 5.74) is 6.58. The molecule has 0 amide bonds. The summed E-state index contributed by atoms with van der Waals surface area (Å²) in [6, 6.07) is 11.5. The van der Waals surface area contributed by atoms with Crippen molar-refractivity contribution >= 4 is 16.7 Å². The zero-order valence-corrected chi connectivity index (χ0v) is 10.1. The number of nitrogens with two attached hydrogens (primary N) is 1. The number of carboxylic acids is 1. The summed E-state index contributed by atoms with van der Waals surface area (Å²) in [6.45, 7) is 1.81. The van der Waals surface area contributed by atoms with Crippen molar-refractivity contribution in [1.29, 1.82) is 0 Å². The Balaban J connectivity index is 2.48. The minimum atomic E-state index is -0.994. The van der Waals surface area contributed by atoms with Crippen LogP contribution in [0, 0.1) is 0 Å². The van der Waals surface area contributed by atoms with Crippen LogP contribution in [-0.4, -0.2) is 17.2 Å². The Labute approximate surface area is 105 Å². The topological polar surface area (TPSA) is 72.5 Å². The van der Waals surface area contributed by atoms with Crippen LogP contribution < -0.4 is 10.5 Å². The van der Waals surface area contributed by atoms with Gasteiger partial charge in [-0.1, -0.05) is 30.3 Å². The SMILES string of the molecule is CC(Oc1ccc2ccccc2c1CN)C(=O)O. The first kappa shape index (κ1) is 12.4.